The van der Waals surface area contributed by atoms with Crippen molar-refractivity contribution >= 4 is 23.4 Å². The predicted octanol–water partition coefficient (Wildman–Crippen LogP) is 3.74. The highest BCUT2D eigenvalue weighted by Crippen LogP contribution is 2.17. The molecular weight excluding hydrogens is 344 g/mol. The van der Waals surface area contributed by atoms with Crippen molar-refractivity contribution < 1.29 is 14.3 Å². The fourth-order valence-corrected chi connectivity index (χ4v) is 3.51. The lowest BCUT2D eigenvalue weighted by Crippen LogP contribution is -2.42. The second-order valence-corrected chi connectivity index (χ2v) is 7.28. The van der Waals surface area contributed by atoms with E-state index >= 15 is 0 Å². The summed E-state index contributed by atoms with van der Waals surface area (Å²) in [5.41, 5.74) is 1.45. The topological polar surface area (TPSA) is 73.9 Å². The zero-order chi connectivity index (χ0) is 19.1. The molecule has 0 saturated carbocycles. The summed E-state index contributed by atoms with van der Waals surface area (Å²) >= 11 is 0. The fraction of sp³-hybridized carbons (Fsp3) is 0.600. The first-order valence-corrected chi connectivity index (χ1v) is 9.95. The van der Waals surface area contributed by atoms with E-state index in [-0.39, 0.29) is 18.1 Å². The van der Waals surface area contributed by atoms with Crippen molar-refractivity contribution in [3.05, 3.63) is 24.3 Å². The van der Waals surface area contributed by atoms with Gasteiger partial charge in [0, 0.05) is 43.7 Å². The minimum atomic E-state index is -0.116. The van der Waals surface area contributed by atoms with Crippen molar-refractivity contribution in [2.75, 3.05) is 43.5 Å². The van der Waals surface area contributed by atoms with Gasteiger partial charge in [-0.1, -0.05) is 12.8 Å². The van der Waals surface area contributed by atoms with Crippen LogP contribution in [0.2, 0.25) is 0 Å². The number of ether oxygens (including phenoxy) is 1. The minimum Gasteiger partial charge on any atom is -0.380 e. The molecule has 2 aliphatic rings. The van der Waals surface area contributed by atoms with Crippen LogP contribution in [0.1, 0.15) is 39.0 Å². The molecule has 0 bridgehead atoms. The van der Waals surface area contributed by atoms with E-state index in [4.69, 9.17) is 4.74 Å². The number of likely N-dealkylation sites (tertiary alicyclic amines) is 1. The second kappa shape index (κ2) is 9.60. The van der Waals surface area contributed by atoms with Gasteiger partial charge in [0.2, 0.25) is 0 Å². The lowest BCUT2D eigenvalue weighted by atomic mass is 10.2. The number of nitrogens with one attached hydrogen (secondary N) is 2. The van der Waals surface area contributed by atoms with Crippen molar-refractivity contribution in [2.45, 2.75) is 45.1 Å². The number of urea groups is 2. The van der Waals surface area contributed by atoms with E-state index in [9.17, 15) is 9.59 Å². The van der Waals surface area contributed by atoms with Crippen LogP contribution in [0.25, 0.3) is 0 Å². The molecule has 0 unspecified atom stereocenters. The van der Waals surface area contributed by atoms with Gasteiger partial charge in [0.25, 0.3) is 0 Å². The molecular formula is C20H30N4O3. The minimum absolute atomic E-state index is 0.0490. The maximum Gasteiger partial charge on any atom is 0.322 e. The number of benzene rings is 1. The molecule has 27 heavy (non-hydrogen) atoms. The smallest absolute Gasteiger partial charge is 0.322 e. The first-order chi connectivity index (χ1) is 13.1. The lowest BCUT2D eigenvalue weighted by Gasteiger charge is -2.26. The number of nitrogens with zero attached hydrogens (tertiary/aromatic N) is 2. The third kappa shape index (κ3) is 5.60. The molecule has 0 spiro atoms. The molecule has 7 nitrogen and oxygen atoms in total. The molecule has 0 radical (unpaired) electrons. The van der Waals surface area contributed by atoms with Gasteiger partial charge in [-0.25, -0.2) is 9.59 Å². The van der Waals surface area contributed by atoms with Gasteiger partial charge in [0.1, 0.15) is 0 Å². The Bertz CT molecular complexity index is 627. The van der Waals surface area contributed by atoms with Crippen molar-refractivity contribution in [3.8, 4) is 0 Å². The van der Waals surface area contributed by atoms with E-state index in [1.54, 1.807) is 0 Å². The number of carbonyl (C=O) groups excluding carboxylic acids is 2. The van der Waals surface area contributed by atoms with Crippen molar-refractivity contribution in [3.63, 3.8) is 0 Å². The normalized spacial score (nSPS) is 21.1. The van der Waals surface area contributed by atoms with E-state index in [2.05, 4.69) is 10.6 Å². The van der Waals surface area contributed by atoms with Crippen LogP contribution < -0.4 is 10.6 Å². The van der Waals surface area contributed by atoms with Crippen LogP contribution in [0.15, 0.2) is 24.3 Å². The van der Waals surface area contributed by atoms with E-state index in [1.165, 1.54) is 12.8 Å². The lowest BCUT2D eigenvalue weighted by molar-refractivity contribution is 0.143. The van der Waals surface area contributed by atoms with Gasteiger partial charge >= 0.3 is 12.1 Å². The van der Waals surface area contributed by atoms with Crippen LogP contribution in [-0.2, 0) is 4.74 Å². The molecule has 4 amide bonds. The highest BCUT2D eigenvalue weighted by molar-refractivity contribution is 5.91. The van der Waals surface area contributed by atoms with Gasteiger partial charge in [0.05, 0.1) is 6.61 Å². The number of rotatable bonds is 2. The molecule has 2 heterocycles. The molecule has 2 N–H and O–H groups in total. The monoisotopic (exact) mass is 374 g/mol. The Morgan fingerprint density at radius 1 is 0.889 bits per heavy atom. The molecule has 2 fully saturated rings. The Morgan fingerprint density at radius 2 is 1.48 bits per heavy atom. The molecule has 1 aromatic rings. The molecule has 2 saturated heterocycles. The highest BCUT2D eigenvalue weighted by Gasteiger charge is 2.22. The number of hydrogen-bond donors (Lipinski definition) is 2. The second-order valence-electron chi connectivity index (χ2n) is 7.28. The summed E-state index contributed by atoms with van der Waals surface area (Å²) in [6, 6.07) is 7.26. The van der Waals surface area contributed by atoms with Crippen LogP contribution in [0, 0.1) is 0 Å². The summed E-state index contributed by atoms with van der Waals surface area (Å²) < 4.78 is 5.44. The van der Waals surface area contributed by atoms with Gasteiger partial charge < -0.3 is 25.2 Å². The van der Waals surface area contributed by atoms with Gasteiger partial charge in [-0.2, -0.15) is 0 Å². The number of hydrogen-bond acceptors (Lipinski definition) is 3. The Balaban J connectivity index is 1.53. The number of carbonyl (C=O) groups is 2. The Hall–Kier alpha value is -2.28. The average molecular weight is 374 g/mol. The summed E-state index contributed by atoms with van der Waals surface area (Å²) in [5, 5.41) is 5.88. The summed E-state index contributed by atoms with van der Waals surface area (Å²) in [6.45, 7) is 5.53. The Labute approximate surface area is 161 Å². The number of amides is 4. The third-order valence-electron chi connectivity index (χ3n) is 5.23. The zero-order valence-electron chi connectivity index (χ0n) is 16.1. The quantitative estimate of drug-likeness (QED) is 0.828. The molecule has 1 atom stereocenters. The Kier molecular flexibility index (Phi) is 6.92. The van der Waals surface area contributed by atoms with Crippen molar-refractivity contribution in [1.29, 1.82) is 0 Å². The van der Waals surface area contributed by atoms with Crippen molar-refractivity contribution in [2.24, 2.45) is 0 Å². The van der Waals surface area contributed by atoms with Crippen LogP contribution >= 0.6 is 0 Å². The van der Waals surface area contributed by atoms with Crippen molar-refractivity contribution in [1.82, 2.24) is 9.80 Å². The first kappa shape index (κ1) is 19.5. The molecule has 7 heteroatoms. The SMILES string of the molecule is C[C@H]1CCOCCN1C(=O)Nc1ccc(NC(=O)N2CCCCCC2)cc1. The summed E-state index contributed by atoms with van der Waals surface area (Å²) in [7, 11) is 0. The fourth-order valence-electron chi connectivity index (χ4n) is 3.51. The summed E-state index contributed by atoms with van der Waals surface area (Å²) in [4.78, 5) is 28.6. The molecule has 0 aliphatic carbocycles. The van der Waals surface area contributed by atoms with E-state index in [1.807, 2.05) is 41.0 Å². The summed E-state index contributed by atoms with van der Waals surface area (Å²) in [6.07, 6.45) is 5.37. The first-order valence-electron chi connectivity index (χ1n) is 9.95. The van der Waals surface area contributed by atoms with Crippen LogP contribution in [0.3, 0.4) is 0 Å². The van der Waals surface area contributed by atoms with Gasteiger partial charge in [-0.15, -0.1) is 0 Å². The molecule has 148 valence electrons. The third-order valence-corrected chi connectivity index (χ3v) is 5.23. The molecule has 1 aromatic carbocycles. The molecule has 0 aromatic heterocycles. The van der Waals surface area contributed by atoms with Crippen LogP contribution in [0.5, 0.6) is 0 Å². The van der Waals surface area contributed by atoms with Gasteiger partial charge in [0.15, 0.2) is 0 Å². The maximum absolute atomic E-state index is 12.5. The van der Waals surface area contributed by atoms with Crippen LogP contribution in [0.4, 0.5) is 21.0 Å². The maximum atomic E-state index is 12.5. The predicted molar refractivity (Wildman–Crippen MR) is 106 cm³/mol. The van der Waals surface area contributed by atoms with Gasteiger partial charge in [-0.3, -0.25) is 0 Å². The zero-order valence-corrected chi connectivity index (χ0v) is 16.1. The number of anilines is 2. The standard InChI is InChI=1S/C20H30N4O3/c1-16-10-14-27-15-13-24(16)20(26)22-18-8-6-17(7-9-18)21-19(25)23-11-4-2-3-5-12-23/h6-9,16H,2-5,10-15H2,1H3,(H,21,25)(H,22,26)/t16-/m0/s1. The average Bonchev–Trinajstić information content (AvgIpc) is 3.06. The van der Waals surface area contributed by atoms with E-state index in [0.717, 1.165) is 38.0 Å². The molecule has 2 aliphatic heterocycles. The highest BCUT2D eigenvalue weighted by atomic mass is 16.5. The van der Waals surface area contributed by atoms with E-state index < -0.39 is 0 Å². The summed E-state index contributed by atoms with van der Waals surface area (Å²) in [5.74, 6) is 0. The van der Waals surface area contributed by atoms with E-state index in [0.29, 0.717) is 25.4 Å². The van der Waals surface area contributed by atoms with Crippen LogP contribution in [-0.4, -0.2) is 60.8 Å². The molecule has 3 rings (SSSR count). The van der Waals surface area contributed by atoms with Gasteiger partial charge in [-0.05, 0) is 50.5 Å². The Morgan fingerprint density at radius 3 is 2.11 bits per heavy atom. The largest absolute Gasteiger partial charge is 0.380 e.